The van der Waals surface area contributed by atoms with Crippen LogP contribution in [0.5, 0.6) is 0 Å². The molecule has 0 atom stereocenters. The zero-order valence-electron chi connectivity index (χ0n) is 5.78. The molecule has 1 heterocycles. The highest BCUT2D eigenvalue weighted by atomic mass is 28.3. The summed E-state index contributed by atoms with van der Waals surface area (Å²) >= 11 is 0. The highest BCUT2D eigenvalue weighted by Crippen LogP contribution is 1.85. The Morgan fingerprint density at radius 3 is 2.78 bits per heavy atom. The van der Waals surface area contributed by atoms with Crippen LogP contribution in [0.4, 0.5) is 0 Å². The van der Waals surface area contributed by atoms with Crippen LogP contribution in [0.3, 0.4) is 0 Å². The summed E-state index contributed by atoms with van der Waals surface area (Å²) in [6, 6.07) is 0. The monoisotopic (exact) mass is 141 g/mol. The van der Waals surface area contributed by atoms with E-state index in [1.54, 1.807) is 12.7 Å². The largest absolute Gasteiger partial charge is 0.256 e. The predicted octanol–water partition coefficient (Wildman–Crippen LogP) is 0.304. The molecule has 0 aliphatic carbocycles. The summed E-state index contributed by atoms with van der Waals surface area (Å²) < 4.78 is 1.90. The van der Waals surface area contributed by atoms with Crippen molar-refractivity contribution in [2.45, 2.75) is 19.3 Å². The minimum absolute atomic E-state index is 0.503. The number of rotatable bonds is 2. The Morgan fingerprint density at radius 1 is 1.56 bits per heavy atom. The van der Waals surface area contributed by atoms with Crippen molar-refractivity contribution >= 4 is 8.80 Å². The zero-order valence-corrected chi connectivity index (χ0v) is 6.94. The third-order valence-corrected chi connectivity index (χ3v) is 2.12. The van der Waals surface area contributed by atoms with Gasteiger partial charge in [-0.1, -0.05) is 13.1 Å². The van der Waals surface area contributed by atoms with Crippen LogP contribution in [-0.4, -0.2) is 23.6 Å². The van der Waals surface area contributed by atoms with Crippen LogP contribution in [0.2, 0.25) is 13.1 Å². The van der Waals surface area contributed by atoms with E-state index in [4.69, 9.17) is 0 Å². The Balaban J connectivity index is 2.48. The van der Waals surface area contributed by atoms with E-state index in [0.29, 0.717) is 0 Å². The van der Waals surface area contributed by atoms with Crippen LogP contribution >= 0.6 is 0 Å². The van der Waals surface area contributed by atoms with E-state index < -0.39 is 8.80 Å². The number of hydrogen-bond acceptors (Lipinski definition) is 2. The summed E-state index contributed by atoms with van der Waals surface area (Å²) in [4.78, 5) is 3.85. The van der Waals surface area contributed by atoms with Crippen molar-refractivity contribution in [1.82, 2.24) is 14.8 Å². The Kier molecular flexibility index (Phi) is 1.99. The van der Waals surface area contributed by atoms with Gasteiger partial charge < -0.3 is 0 Å². The van der Waals surface area contributed by atoms with Gasteiger partial charge in [0.1, 0.15) is 12.7 Å². The zero-order chi connectivity index (χ0) is 6.69. The molecule has 0 amide bonds. The third-order valence-electron chi connectivity index (χ3n) is 1.02. The van der Waals surface area contributed by atoms with Gasteiger partial charge in [-0.2, -0.15) is 5.10 Å². The highest BCUT2D eigenvalue weighted by Gasteiger charge is 1.95. The SMILES string of the molecule is C[SiH](C)Cn1cncn1. The molecule has 0 N–H and O–H groups in total. The summed E-state index contributed by atoms with van der Waals surface area (Å²) in [7, 11) is -0.503. The van der Waals surface area contributed by atoms with Crippen molar-refractivity contribution in [3.63, 3.8) is 0 Å². The smallest absolute Gasteiger partial charge is 0.137 e. The first-order chi connectivity index (χ1) is 4.29. The number of aromatic nitrogens is 3. The minimum atomic E-state index is -0.503. The molecule has 1 aromatic heterocycles. The second-order valence-electron chi connectivity index (χ2n) is 2.51. The lowest BCUT2D eigenvalue weighted by Gasteiger charge is -1.99. The van der Waals surface area contributed by atoms with E-state index in [0.717, 1.165) is 6.17 Å². The van der Waals surface area contributed by atoms with E-state index in [2.05, 4.69) is 23.2 Å². The van der Waals surface area contributed by atoms with Gasteiger partial charge in [-0.3, -0.25) is 4.68 Å². The molecule has 0 fully saturated rings. The summed E-state index contributed by atoms with van der Waals surface area (Å²) in [6.07, 6.45) is 4.45. The molecule has 9 heavy (non-hydrogen) atoms. The lowest BCUT2D eigenvalue weighted by molar-refractivity contribution is 0.731. The van der Waals surface area contributed by atoms with Gasteiger partial charge in [0.05, 0.1) is 8.80 Å². The van der Waals surface area contributed by atoms with Gasteiger partial charge in [0.25, 0.3) is 0 Å². The van der Waals surface area contributed by atoms with Crippen molar-refractivity contribution in [3.8, 4) is 0 Å². The Morgan fingerprint density at radius 2 is 2.33 bits per heavy atom. The quantitative estimate of drug-likeness (QED) is 0.555. The van der Waals surface area contributed by atoms with Crippen LogP contribution in [0.1, 0.15) is 0 Å². The highest BCUT2D eigenvalue weighted by molar-refractivity contribution is 6.54. The maximum atomic E-state index is 4.00. The summed E-state index contributed by atoms with van der Waals surface area (Å²) in [6.45, 7) is 4.59. The fraction of sp³-hybridized carbons (Fsp3) is 0.600. The molecular formula is C5H11N3Si. The van der Waals surface area contributed by atoms with Crippen molar-refractivity contribution in [2.75, 3.05) is 0 Å². The van der Waals surface area contributed by atoms with E-state index in [1.807, 2.05) is 4.68 Å². The molecule has 1 rings (SSSR count). The fourth-order valence-corrected chi connectivity index (χ4v) is 1.64. The molecule has 0 spiro atoms. The van der Waals surface area contributed by atoms with Gasteiger partial charge in [-0.25, -0.2) is 4.98 Å². The molecule has 1 aromatic rings. The molecule has 0 saturated carbocycles. The standard InChI is InChI=1S/C5H11N3Si/c1-9(2)5-8-4-6-3-7-8/h3-4,9H,5H2,1-2H3. The normalized spacial score (nSPS) is 10.6. The average molecular weight is 141 g/mol. The fourth-order valence-electron chi connectivity index (χ4n) is 0.701. The lowest BCUT2D eigenvalue weighted by atomic mass is 11.2. The topological polar surface area (TPSA) is 30.7 Å². The molecule has 0 aromatic carbocycles. The van der Waals surface area contributed by atoms with E-state index in [-0.39, 0.29) is 0 Å². The van der Waals surface area contributed by atoms with Gasteiger partial charge in [0, 0.05) is 6.17 Å². The van der Waals surface area contributed by atoms with Gasteiger partial charge in [0.2, 0.25) is 0 Å². The number of nitrogens with zero attached hydrogens (tertiary/aromatic N) is 3. The average Bonchev–Trinajstić information content (AvgIpc) is 2.15. The van der Waals surface area contributed by atoms with Crippen LogP contribution < -0.4 is 0 Å². The van der Waals surface area contributed by atoms with Gasteiger partial charge >= 0.3 is 0 Å². The Hall–Kier alpha value is -0.643. The molecular weight excluding hydrogens is 130 g/mol. The summed E-state index contributed by atoms with van der Waals surface area (Å²) in [5.74, 6) is 0. The Bertz CT molecular complexity index is 159. The number of hydrogen-bond donors (Lipinski definition) is 0. The van der Waals surface area contributed by atoms with Gasteiger partial charge in [-0.05, 0) is 0 Å². The third kappa shape index (κ3) is 1.97. The second kappa shape index (κ2) is 2.77. The maximum Gasteiger partial charge on any atom is 0.137 e. The minimum Gasteiger partial charge on any atom is -0.256 e. The molecule has 0 radical (unpaired) electrons. The summed E-state index contributed by atoms with van der Waals surface area (Å²) in [5, 5.41) is 4.00. The van der Waals surface area contributed by atoms with E-state index >= 15 is 0 Å². The predicted molar refractivity (Wildman–Crippen MR) is 38.9 cm³/mol. The van der Waals surface area contributed by atoms with Crippen molar-refractivity contribution in [2.24, 2.45) is 0 Å². The molecule has 3 nitrogen and oxygen atoms in total. The van der Waals surface area contributed by atoms with Crippen molar-refractivity contribution in [3.05, 3.63) is 12.7 Å². The van der Waals surface area contributed by atoms with Crippen LogP contribution in [0, 0.1) is 0 Å². The molecule has 4 heteroatoms. The van der Waals surface area contributed by atoms with Gasteiger partial charge in [0.15, 0.2) is 0 Å². The summed E-state index contributed by atoms with van der Waals surface area (Å²) in [5.41, 5.74) is 0. The molecule has 0 aliphatic heterocycles. The van der Waals surface area contributed by atoms with Gasteiger partial charge in [-0.15, -0.1) is 0 Å². The molecule has 50 valence electrons. The lowest BCUT2D eigenvalue weighted by Crippen LogP contribution is -2.12. The first-order valence-electron chi connectivity index (χ1n) is 3.11. The molecule has 0 saturated heterocycles. The Labute approximate surface area is 56.3 Å². The van der Waals surface area contributed by atoms with Crippen LogP contribution in [0.25, 0.3) is 0 Å². The maximum absolute atomic E-state index is 4.00. The van der Waals surface area contributed by atoms with E-state index in [1.165, 1.54) is 0 Å². The van der Waals surface area contributed by atoms with Crippen LogP contribution in [0.15, 0.2) is 12.7 Å². The van der Waals surface area contributed by atoms with Crippen molar-refractivity contribution in [1.29, 1.82) is 0 Å². The van der Waals surface area contributed by atoms with E-state index in [9.17, 15) is 0 Å². The van der Waals surface area contributed by atoms with Crippen LogP contribution in [-0.2, 0) is 6.17 Å². The first kappa shape index (κ1) is 6.48. The molecule has 0 unspecified atom stereocenters. The van der Waals surface area contributed by atoms with Crippen molar-refractivity contribution < 1.29 is 0 Å². The second-order valence-corrected chi connectivity index (χ2v) is 5.66. The molecule has 0 bridgehead atoms. The first-order valence-corrected chi connectivity index (χ1v) is 6.24. The molecule has 0 aliphatic rings.